The zero-order valence-electron chi connectivity index (χ0n) is 12.1. The zero-order valence-corrected chi connectivity index (χ0v) is 12.9. The molecule has 0 spiro atoms. The lowest BCUT2D eigenvalue weighted by molar-refractivity contribution is -0.141. The Morgan fingerprint density at radius 3 is 2.95 bits per heavy atom. The molecule has 21 heavy (non-hydrogen) atoms. The third-order valence-corrected chi connectivity index (χ3v) is 4.52. The summed E-state index contributed by atoms with van der Waals surface area (Å²) < 4.78 is 4.82. The van der Waals surface area contributed by atoms with Crippen LogP contribution in [-0.2, 0) is 22.5 Å². The Labute approximate surface area is 127 Å². The lowest BCUT2D eigenvalue weighted by atomic mass is 10.1. The van der Waals surface area contributed by atoms with Crippen LogP contribution in [0.3, 0.4) is 0 Å². The van der Waals surface area contributed by atoms with Gasteiger partial charge in [-0.3, -0.25) is 4.79 Å². The molecule has 0 N–H and O–H groups in total. The number of carbonyl (C=O) groups excluding carboxylic acids is 1. The summed E-state index contributed by atoms with van der Waals surface area (Å²) in [5.41, 5.74) is 2.45. The highest BCUT2D eigenvalue weighted by molar-refractivity contribution is 7.11. The van der Waals surface area contributed by atoms with Crippen molar-refractivity contribution in [3.8, 4) is 0 Å². The predicted octanol–water partition coefficient (Wildman–Crippen LogP) is 2.34. The van der Waals surface area contributed by atoms with Crippen LogP contribution >= 0.6 is 11.3 Å². The molecule has 1 aromatic carbocycles. The second kappa shape index (κ2) is 5.81. The molecular weight excluding hydrogens is 286 g/mol. The molecule has 110 valence electrons. The van der Waals surface area contributed by atoms with Gasteiger partial charge < -0.3 is 9.64 Å². The molecule has 2 heterocycles. The molecule has 3 rings (SSSR count). The van der Waals surface area contributed by atoms with Gasteiger partial charge in [-0.15, -0.1) is 10.2 Å². The number of para-hydroxylation sites is 1. The number of rotatable bonds is 4. The predicted molar refractivity (Wildman–Crippen MR) is 81.4 cm³/mol. The van der Waals surface area contributed by atoms with Gasteiger partial charge in [-0.2, -0.15) is 0 Å². The van der Waals surface area contributed by atoms with Crippen molar-refractivity contribution in [3.63, 3.8) is 0 Å². The number of benzene rings is 1. The monoisotopic (exact) mass is 303 g/mol. The number of anilines is 1. The number of hydrogen-bond acceptors (Lipinski definition) is 6. The smallest absolute Gasteiger partial charge is 0.307 e. The minimum Gasteiger partial charge on any atom is -0.469 e. The van der Waals surface area contributed by atoms with Crippen LogP contribution in [0.2, 0.25) is 0 Å². The summed E-state index contributed by atoms with van der Waals surface area (Å²) in [6.45, 7) is 2.63. The SMILES string of the molecule is COC(=O)C[C@H]1Cc2ccccc2N1Cc1nnc(C)s1. The van der Waals surface area contributed by atoms with Crippen molar-refractivity contribution in [1.82, 2.24) is 10.2 Å². The van der Waals surface area contributed by atoms with E-state index in [1.807, 2.05) is 19.1 Å². The van der Waals surface area contributed by atoms with E-state index in [1.165, 1.54) is 18.4 Å². The van der Waals surface area contributed by atoms with Crippen molar-refractivity contribution in [3.05, 3.63) is 39.8 Å². The summed E-state index contributed by atoms with van der Waals surface area (Å²) in [5.74, 6) is -0.175. The van der Waals surface area contributed by atoms with Crippen LogP contribution in [0.5, 0.6) is 0 Å². The number of methoxy groups -OCH3 is 1. The molecule has 0 fully saturated rings. The average molecular weight is 303 g/mol. The van der Waals surface area contributed by atoms with Crippen LogP contribution in [-0.4, -0.2) is 29.3 Å². The van der Waals surface area contributed by atoms with Gasteiger partial charge in [0.1, 0.15) is 10.0 Å². The normalized spacial score (nSPS) is 16.9. The Balaban J connectivity index is 1.85. The molecule has 1 aliphatic heterocycles. The van der Waals surface area contributed by atoms with Crippen LogP contribution in [0.25, 0.3) is 0 Å². The van der Waals surface area contributed by atoms with Gasteiger partial charge in [-0.25, -0.2) is 0 Å². The Kier molecular flexibility index (Phi) is 3.88. The van der Waals surface area contributed by atoms with E-state index in [-0.39, 0.29) is 12.0 Å². The summed E-state index contributed by atoms with van der Waals surface area (Å²) in [6, 6.07) is 8.40. The second-order valence-electron chi connectivity index (χ2n) is 5.11. The molecule has 0 saturated heterocycles. The van der Waals surface area contributed by atoms with Gasteiger partial charge in [0.05, 0.1) is 20.1 Å². The maximum absolute atomic E-state index is 11.6. The largest absolute Gasteiger partial charge is 0.469 e. The number of hydrogen-bond donors (Lipinski definition) is 0. The van der Waals surface area contributed by atoms with Crippen molar-refractivity contribution < 1.29 is 9.53 Å². The maximum atomic E-state index is 11.6. The maximum Gasteiger partial charge on any atom is 0.307 e. The van der Waals surface area contributed by atoms with E-state index in [4.69, 9.17) is 4.74 Å². The number of ether oxygens (including phenoxy) is 1. The highest BCUT2D eigenvalue weighted by Gasteiger charge is 2.31. The molecule has 0 radical (unpaired) electrons. The van der Waals surface area contributed by atoms with E-state index in [1.54, 1.807) is 11.3 Å². The van der Waals surface area contributed by atoms with Crippen LogP contribution in [0, 0.1) is 6.92 Å². The molecule has 1 aromatic heterocycles. The Bertz CT molecular complexity index is 656. The van der Waals surface area contributed by atoms with Gasteiger partial charge >= 0.3 is 5.97 Å². The van der Waals surface area contributed by atoms with Crippen LogP contribution in [0.15, 0.2) is 24.3 Å². The van der Waals surface area contributed by atoms with E-state index >= 15 is 0 Å². The van der Waals surface area contributed by atoms with Gasteiger partial charge in [0.25, 0.3) is 0 Å². The van der Waals surface area contributed by atoms with Crippen molar-refractivity contribution in [2.75, 3.05) is 12.0 Å². The van der Waals surface area contributed by atoms with Gasteiger partial charge in [0.15, 0.2) is 0 Å². The van der Waals surface area contributed by atoms with Crippen LogP contribution in [0.1, 0.15) is 22.0 Å². The molecule has 1 atom stereocenters. The van der Waals surface area contributed by atoms with Gasteiger partial charge in [-0.1, -0.05) is 29.5 Å². The highest BCUT2D eigenvalue weighted by Crippen LogP contribution is 2.35. The minimum absolute atomic E-state index is 0.124. The first-order chi connectivity index (χ1) is 10.2. The standard InChI is InChI=1S/C15H17N3O2S/c1-10-16-17-14(21-10)9-18-12(8-15(19)20-2)7-11-5-3-4-6-13(11)18/h3-6,12H,7-9H2,1-2H3/t12-/m1/s1. The zero-order chi connectivity index (χ0) is 14.8. The number of nitrogens with zero attached hydrogens (tertiary/aromatic N) is 3. The molecule has 6 heteroatoms. The summed E-state index contributed by atoms with van der Waals surface area (Å²) in [7, 11) is 1.43. The van der Waals surface area contributed by atoms with E-state index in [9.17, 15) is 4.79 Å². The van der Waals surface area contributed by atoms with Crippen LogP contribution in [0.4, 0.5) is 5.69 Å². The fourth-order valence-electron chi connectivity index (χ4n) is 2.74. The summed E-state index contributed by atoms with van der Waals surface area (Å²) in [4.78, 5) is 13.9. The average Bonchev–Trinajstić information content (AvgIpc) is 3.04. The number of fused-ring (bicyclic) bond motifs is 1. The topological polar surface area (TPSA) is 55.3 Å². The molecule has 1 aliphatic rings. The number of carbonyl (C=O) groups is 1. The van der Waals surface area contributed by atoms with Gasteiger partial charge in [-0.05, 0) is 25.0 Å². The molecular formula is C15H17N3O2S. The summed E-state index contributed by atoms with van der Waals surface area (Å²) in [5, 5.41) is 10.2. The Morgan fingerprint density at radius 1 is 1.43 bits per heavy atom. The minimum atomic E-state index is -0.175. The first kappa shape index (κ1) is 14.0. The van der Waals surface area contributed by atoms with E-state index in [0.717, 1.165) is 16.4 Å². The quantitative estimate of drug-likeness (QED) is 0.812. The molecule has 0 amide bonds. The van der Waals surface area contributed by atoms with E-state index in [0.29, 0.717) is 13.0 Å². The van der Waals surface area contributed by atoms with E-state index < -0.39 is 0 Å². The molecule has 0 saturated carbocycles. The molecule has 5 nitrogen and oxygen atoms in total. The third kappa shape index (κ3) is 2.90. The fraction of sp³-hybridized carbons (Fsp3) is 0.400. The van der Waals surface area contributed by atoms with E-state index in [2.05, 4.69) is 27.2 Å². The van der Waals surface area contributed by atoms with Crippen molar-refractivity contribution in [2.45, 2.75) is 32.4 Å². The number of esters is 1. The molecule has 0 bridgehead atoms. The van der Waals surface area contributed by atoms with Crippen molar-refractivity contribution >= 4 is 23.0 Å². The number of aromatic nitrogens is 2. The summed E-state index contributed by atoms with van der Waals surface area (Å²) in [6.07, 6.45) is 1.26. The molecule has 0 unspecified atom stereocenters. The Hall–Kier alpha value is -1.95. The highest BCUT2D eigenvalue weighted by atomic mass is 32.1. The molecule has 2 aromatic rings. The second-order valence-corrected chi connectivity index (χ2v) is 6.38. The summed E-state index contributed by atoms with van der Waals surface area (Å²) >= 11 is 1.60. The Morgan fingerprint density at radius 2 is 2.24 bits per heavy atom. The lowest BCUT2D eigenvalue weighted by Crippen LogP contribution is -2.33. The van der Waals surface area contributed by atoms with Crippen molar-refractivity contribution in [2.24, 2.45) is 0 Å². The third-order valence-electron chi connectivity index (χ3n) is 3.70. The van der Waals surface area contributed by atoms with Gasteiger partial charge in [0.2, 0.25) is 0 Å². The lowest BCUT2D eigenvalue weighted by Gasteiger charge is -2.25. The van der Waals surface area contributed by atoms with Crippen molar-refractivity contribution in [1.29, 1.82) is 0 Å². The van der Waals surface area contributed by atoms with Gasteiger partial charge in [0, 0.05) is 11.7 Å². The fourth-order valence-corrected chi connectivity index (χ4v) is 3.45. The first-order valence-corrected chi connectivity index (χ1v) is 7.69. The number of aryl methyl sites for hydroxylation is 1. The first-order valence-electron chi connectivity index (χ1n) is 6.87. The van der Waals surface area contributed by atoms with Crippen LogP contribution < -0.4 is 4.90 Å². The molecule has 0 aliphatic carbocycles.